The maximum atomic E-state index is 11.3. The van der Waals surface area contributed by atoms with Crippen LogP contribution >= 0.6 is 22.9 Å². The second kappa shape index (κ2) is 3.52. The van der Waals surface area contributed by atoms with Gasteiger partial charge in [0, 0.05) is 17.3 Å². The molecule has 2 aromatic heterocycles. The number of hydrogen-bond donors (Lipinski definition) is 2. The number of pyridine rings is 1. The Morgan fingerprint density at radius 3 is 3.14 bits per heavy atom. The van der Waals surface area contributed by atoms with Crippen LogP contribution in [0, 0.1) is 6.92 Å². The molecule has 0 atom stereocenters. The van der Waals surface area contributed by atoms with Crippen LogP contribution in [0.25, 0.3) is 11.0 Å². The summed E-state index contributed by atoms with van der Waals surface area (Å²) >= 11 is 1.80. The summed E-state index contributed by atoms with van der Waals surface area (Å²) in [4.78, 5) is 15.4. The van der Waals surface area contributed by atoms with E-state index in [1.807, 2.05) is 6.92 Å². The van der Waals surface area contributed by atoms with Crippen LogP contribution in [-0.4, -0.2) is 21.1 Å². The standard InChI is InChI=1S/C8H7IN4O/c1-4-6-2-5(8(14)11-9)3-10-7(6)13-12-4/h2-3H,1H3,(H,11,14)(H,10,12,13). The molecule has 0 aliphatic heterocycles. The van der Waals surface area contributed by atoms with Crippen LogP contribution in [-0.2, 0) is 0 Å². The van der Waals surface area contributed by atoms with Crippen molar-refractivity contribution < 1.29 is 4.79 Å². The summed E-state index contributed by atoms with van der Waals surface area (Å²) in [5, 5.41) is 7.67. The van der Waals surface area contributed by atoms with E-state index in [1.165, 1.54) is 6.20 Å². The minimum Gasteiger partial charge on any atom is -0.295 e. The van der Waals surface area contributed by atoms with Crippen molar-refractivity contribution in [1.82, 2.24) is 18.7 Å². The first-order chi connectivity index (χ1) is 6.72. The lowest BCUT2D eigenvalue weighted by Gasteiger charge is -1.97. The third kappa shape index (κ3) is 1.45. The number of carbonyl (C=O) groups is 1. The van der Waals surface area contributed by atoms with Crippen LogP contribution in [0.4, 0.5) is 0 Å². The highest BCUT2D eigenvalue weighted by atomic mass is 127. The van der Waals surface area contributed by atoms with Gasteiger partial charge in [-0.1, -0.05) is 0 Å². The molecule has 5 nitrogen and oxygen atoms in total. The van der Waals surface area contributed by atoms with Gasteiger partial charge in [-0.2, -0.15) is 5.10 Å². The van der Waals surface area contributed by atoms with Crippen molar-refractivity contribution in [3.05, 3.63) is 23.5 Å². The second-order valence-corrected chi connectivity index (χ2v) is 3.41. The van der Waals surface area contributed by atoms with E-state index in [4.69, 9.17) is 0 Å². The van der Waals surface area contributed by atoms with Gasteiger partial charge < -0.3 is 0 Å². The molecule has 2 rings (SSSR count). The monoisotopic (exact) mass is 302 g/mol. The molecule has 72 valence electrons. The number of fused-ring (bicyclic) bond motifs is 1. The maximum absolute atomic E-state index is 11.3. The van der Waals surface area contributed by atoms with Crippen LogP contribution in [0.15, 0.2) is 12.3 Å². The van der Waals surface area contributed by atoms with Gasteiger partial charge in [0.05, 0.1) is 28.4 Å². The van der Waals surface area contributed by atoms with Crippen LogP contribution < -0.4 is 3.53 Å². The Hall–Kier alpha value is -1.18. The molecular weight excluding hydrogens is 295 g/mol. The smallest absolute Gasteiger partial charge is 0.261 e. The van der Waals surface area contributed by atoms with Gasteiger partial charge in [0.25, 0.3) is 5.91 Å². The van der Waals surface area contributed by atoms with E-state index in [1.54, 1.807) is 28.9 Å². The van der Waals surface area contributed by atoms with Crippen molar-refractivity contribution in [2.75, 3.05) is 0 Å². The zero-order valence-corrected chi connectivity index (χ0v) is 9.49. The highest BCUT2D eigenvalue weighted by Crippen LogP contribution is 2.14. The van der Waals surface area contributed by atoms with Gasteiger partial charge >= 0.3 is 0 Å². The molecule has 2 heterocycles. The fraction of sp³-hybridized carbons (Fsp3) is 0.125. The summed E-state index contributed by atoms with van der Waals surface area (Å²) in [6.45, 7) is 1.89. The highest BCUT2D eigenvalue weighted by molar-refractivity contribution is 14.1. The molecule has 0 bridgehead atoms. The van der Waals surface area contributed by atoms with Gasteiger partial charge in [-0.05, 0) is 13.0 Å². The lowest BCUT2D eigenvalue weighted by molar-refractivity contribution is 0.0989. The van der Waals surface area contributed by atoms with E-state index in [9.17, 15) is 4.79 Å². The third-order valence-corrected chi connectivity index (χ3v) is 2.44. The zero-order chi connectivity index (χ0) is 10.1. The minimum atomic E-state index is -0.152. The van der Waals surface area contributed by atoms with Gasteiger partial charge in [-0.25, -0.2) is 4.98 Å². The van der Waals surface area contributed by atoms with E-state index in [-0.39, 0.29) is 5.91 Å². The van der Waals surface area contributed by atoms with Crippen molar-refractivity contribution in [1.29, 1.82) is 0 Å². The van der Waals surface area contributed by atoms with Crippen LogP contribution in [0.2, 0.25) is 0 Å². The average molecular weight is 302 g/mol. The molecule has 0 spiro atoms. The summed E-state index contributed by atoms with van der Waals surface area (Å²) in [6, 6.07) is 1.77. The number of aromatic nitrogens is 3. The van der Waals surface area contributed by atoms with E-state index in [2.05, 4.69) is 18.7 Å². The minimum absolute atomic E-state index is 0.152. The van der Waals surface area contributed by atoms with Crippen molar-refractivity contribution in [3.63, 3.8) is 0 Å². The first kappa shape index (κ1) is 9.38. The second-order valence-electron chi connectivity index (χ2n) is 2.87. The number of hydrogen-bond acceptors (Lipinski definition) is 3. The lowest BCUT2D eigenvalue weighted by atomic mass is 10.2. The maximum Gasteiger partial charge on any atom is 0.261 e. The van der Waals surface area contributed by atoms with Gasteiger partial charge in [0.15, 0.2) is 5.65 Å². The molecule has 2 N–H and O–H groups in total. The van der Waals surface area contributed by atoms with Crippen molar-refractivity contribution in [2.45, 2.75) is 6.92 Å². The molecule has 0 aliphatic rings. The van der Waals surface area contributed by atoms with E-state index in [0.29, 0.717) is 11.2 Å². The summed E-state index contributed by atoms with van der Waals surface area (Å²) in [5.41, 5.74) is 2.08. The van der Waals surface area contributed by atoms with Crippen molar-refractivity contribution >= 4 is 39.8 Å². The number of carbonyl (C=O) groups excluding carboxylic acids is 1. The summed E-state index contributed by atoms with van der Waals surface area (Å²) < 4.78 is 2.52. The normalized spacial score (nSPS) is 10.4. The quantitative estimate of drug-likeness (QED) is 0.617. The molecule has 6 heteroatoms. The number of nitrogens with zero attached hydrogens (tertiary/aromatic N) is 2. The Bertz CT molecular complexity index is 493. The largest absolute Gasteiger partial charge is 0.295 e. The molecule has 14 heavy (non-hydrogen) atoms. The van der Waals surface area contributed by atoms with E-state index in [0.717, 1.165) is 11.1 Å². The van der Waals surface area contributed by atoms with Crippen molar-refractivity contribution in [2.24, 2.45) is 0 Å². The molecule has 0 saturated carbocycles. The SMILES string of the molecule is Cc1[nH]nc2ncc(C(=O)NI)cc12. The molecule has 2 aromatic rings. The summed E-state index contributed by atoms with van der Waals surface area (Å²) in [7, 11) is 0. The molecular formula is C8H7IN4O. The van der Waals surface area contributed by atoms with Crippen molar-refractivity contribution in [3.8, 4) is 0 Å². The van der Waals surface area contributed by atoms with Gasteiger partial charge in [0.2, 0.25) is 0 Å². The molecule has 1 amide bonds. The molecule has 0 aliphatic carbocycles. The number of H-pyrrole nitrogens is 1. The molecule has 0 fully saturated rings. The van der Waals surface area contributed by atoms with Gasteiger partial charge in [0.1, 0.15) is 0 Å². The first-order valence-electron chi connectivity index (χ1n) is 3.94. The number of rotatable bonds is 1. The van der Waals surface area contributed by atoms with Crippen LogP contribution in [0.1, 0.15) is 16.1 Å². The summed E-state index contributed by atoms with van der Waals surface area (Å²) in [5.74, 6) is -0.152. The molecule has 0 aromatic carbocycles. The van der Waals surface area contributed by atoms with Crippen LogP contribution in [0.5, 0.6) is 0 Å². The van der Waals surface area contributed by atoms with E-state index >= 15 is 0 Å². The number of halogens is 1. The predicted molar refractivity (Wildman–Crippen MR) is 60.1 cm³/mol. The Morgan fingerprint density at radius 2 is 2.43 bits per heavy atom. The van der Waals surface area contributed by atoms with Gasteiger partial charge in [-0.15, -0.1) is 0 Å². The average Bonchev–Trinajstić information content (AvgIpc) is 2.59. The fourth-order valence-electron chi connectivity index (χ4n) is 1.20. The van der Waals surface area contributed by atoms with Crippen LogP contribution in [0.3, 0.4) is 0 Å². The molecule has 0 saturated heterocycles. The zero-order valence-electron chi connectivity index (χ0n) is 7.34. The molecule has 0 unspecified atom stereocenters. The first-order valence-corrected chi connectivity index (χ1v) is 5.02. The van der Waals surface area contributed by atoms with E-state index < -0.39 is 0 Å². The number of nitrogens with one attached hydrogen (secondary N) is 2. The number of aryl methyl sites for hydroxylation is 1. The Morgan fingerprint density at radius 1 is 1.64 bits per heavy atom. The Labute approximate surface area is 93.8 Å². The Kier molecular flexibility index (Phi) is 2.36. The van der Waals surface area contributed by atoms with Gasteiger partial charge in [-0.3, -0.25) is 13.4 Å². The fourth-order valence-corrected chi connectivity index (χ4v) is 1.51. The highest BCUT2D eigenvalue weighted by Gasteiger charge is 2.08. The number of aromatic amines is 1. The topological polar surface area (TPSA) is 70.7 Å². The Balaban J connectivity index is 2.60. The molecule has 0 radical (unpaired) electrons. The lowest BCUT2D eigenvalue weighted by Crippen LogP contribution is -2.11. The third-order valence-electron chi connectivity index (χ3n) is 1.95. The summed E-state index contributed by atoms with van der Waals surface area (Å²) in [6.07, 6.45) is 1.51. The predicted octanol–water partition coefficient (Wildman–Crippen LogP) is 1.35. The number of amides is 1.